The van der Waals surface area contributed by atoms with Crippen LogP contribution in [0, 0.1) is 0 Å². The number of pyridine rings is 1. The zero-order valence-electron chi connectivity index (χ0n) is 10.8. The summed E-state index contributed by atoms with van der Waals surface area (Å²) >= 11 is 5.10. The molecule has 98 valence electrons. The van der Waals surface area contributed by atoms with E-state index in [0.29, 0.717) is 11.0 Å². The predicted molar refractivity (Wildman–Crippen MR) is 77.0 cm³/mol. The van der Waals surface area contributed by atoms with Crippen LogP contribution in [0.2, 0.25) is 0 Å². The molecule has 0 bridgehead atoms. The highest BCUT2D eigenvalue weighted by Crippen LogP contribution is 2.24. The number of anilines is 1. The van der Waals surface area contributed by atoms with E-state index in [0.717, 1.165) is 31.0 Å². The van der Waals surface area contributed by atoms with Gasteiger partial charge in [-0.05, 0) is 25.5 Å². The molecule has 2 unspecified atom stereocenters. The van der Waals surface area contributed by atoms with Gasteiger partial charge in [-0.2, -0.15) is 0 Å². The van der Waals surface area contributed by atoms with Crippen LogP contribution in [0.5, 0.6) is 0 Å². The van der Waals surface area contributed by atoms with Crippen LogP contribution in [0.25, 0.3) is 0 Å². The monoisotopic (exact) mass is 265 g/mol. The smallest absolute Gasteiger partial charge is 0.139 e. The van der Waals surface area contributed by atoms with Gasteiger partial charge in [0.15, 0.2) is 0 Å². The van der Waals surface area contributed by atoms with Crippen LogP contribution in [0.1, 0.15) is 25.8 Å². The van der Waals surface area contributed by atoms with Crippen LogP contribution in [0.15, 0.2) is 18.3 Å². The molecule has 0 amide bonds. The molecule has 0 spiro atoms. The zero-order chi connectivity index (χ0) is 13.1. The van der Waals surface area contributed by atoms with Gasteiger partial charge in [-0.3, -0.25) is 0 Å². The van der Waals surface area contributed by atoms with Crippen LogP contribution in [0.4, 0.5) is 5.82 Å². The predicted octanol–water partition coefficient (Wildman–Crippen LogP) is 1.72. The molecule has 1 fully saturated rings. The molecular weight excluding hydrogens is 246 g/mol. The number of aromatic nitrogens is 1. The Morgan fingerprint density at radius 3 is 3.11 bits per heavy atom. The fourth-order valence-corrected chi connectivity index (χ4v) is 2.42. The Labute approximate surface area is 113 Å². The summed E-state index contributed by atoms with van der Waals surface area (Å²) in [5.74, 6) is 0.881. The number of hydrogen-bond acceptors (Lipinski definition) is 4. The summed E-state index contributed by atoms with van der Waals surface area (Å²) in [5.41, 5.74) is 6.62. The minimum absolute atomic E-state index is 0.203. The zero-order valence-corrected chi connectivity index (χ0v) is 11.6. The Morgan fingerprint density at radius 1 is 1.67 bits per heavy atom. The van der Waals surface area contributed by atoms with Crippen molar-refractivity contribution in [3.8, 4) is 0 Å². The van der Waals surface area contributed by atoms with Gasteiger partial charge >= 0.3 is 0 Å². The second-order valence-corrected chi connectivity index (χ2v) is 5.04. The fourth-order valence-electron chi connectivity index (χ4n) is 2.26. The van der Waals surface area contributed by atoms with Gasteiger partial charge in [0.1, 0.15) is 10.8 Å². The highest BCUT2D eigenvalue weighted by atomic mass is 32.1. The average Bonchev–Trinajstić information content (AvgIpc) is 2.38. The van der Waals surface area contributed by atoms with E-state index in [9.17, 15) is 0 Å². The summed E-state index contributed by atoms with van der Waals surface area (Å²) in [7, 11) is 0. The van der Waals surface area contributed by atoms with Gasteiger partial charge in [0.25, 0.3) is 0 Å². The van der Waals surface area contributed by atoms with Crippen molar-refractivity contribution in [2.24, 2.45) is 5.73 Å². The maximum absolute atomic E-state index is 5.78. The van der Waals surface area contributed by atoms with E-state index in [1.54, 1.807) is 6.20 Å². The standard InChI is InChI=1S/C13H19N3OS/c1-3-10-8-17-9(2)7-16(10)13-11(12(14)18)5-4-6-15-13/h4-6,9-10H,3,7-8H2,1-2H3,(H2,14,18). The van der Waals surface area contributed by atoms with Gasteiger partial charge < -0.3 is 15.4 Å². The van der Waals surface area contributed by atoms with Crippen molar-refractivity contribution in [3.63, 3.8) is 0 Å². The van der Waals surface area contributed by atoms with Crippen LogP contribution in [-0.2, 0) is 4.74 Å². The number of nitrogens with zero attached hydrogens (tertiary/aromatic N) is 2. The maximum atomic E-state index is 5.78. The van der Waals surface area contributed by atoms with Crippen molar-refractivity contribution in [2.75, 3.05) is 18.1 Å². The first-order valence-corrected chi connectivity index (χ1v) is 6.67. The van der Waals surface area contributed by atoms with Crippen LogP contribution in [0.3, 0.4) is 0 Å². The first-order chi connectivity index (χ1) is 8.63. The Bertz CT molecular complexity index is 438. The lowest BCUT2D eigenvalue weighted by Crippen LogP contribution is -2.49. The van der Waals surface area contributed by atoms with E-state index in [-0.39, 0.29) is 6.10 Å². The minimum atomic E-state index is 0.203. The minimum Gasteiger partial charge on any atom is -0.389 e. The molecule has 1 aliphatic heterocycles. The van der Waals surface area contributed by atoms with Gasteiger partial charge in [-0.25, -0.2) is 4.98 Å². The summed E-state index contributed by atoms with van der Waals surface area (Å²) in [6.45, 7) is 5.78. The third kappa shape index (κ3) is 2.62. The lowest BCUT2D eigenvalue weighted by molar-refractivity contribution is 0.0296. The van der Waals surface area contributed by atoms with Crippen LogP contribution < -0.4 is 10.6 Å². The molecule has 1 aliphatic rings. The van der Waals surface area contributed by atoms with Crippen molar-refractivity contribution >= 4 is 23.0 Å². The molecule has 1 aromatic rings. The highest BCUT2D eigenvalue weighted by molar-refractivity contribution is 7.80. The molecule has 1 aromatic heterocycles. The van der Waals surface area contributed by atoms with Crippen LogP contribution in [-0.4, -0.2) is 35.3 Å². The van der Waals surface area contributed by atoms with E-state index in [1.165, 1.54) is 0 Å². The molecule has 2 heterocycles. The fraction of sp³-hybridized carbons (Fsp3) is 0.538. The Balaban J connectivity index is 2.36. The molecule has 5 heteroatoms. The molecule has 18 heavy (non-hydrogen) atoms. The van der Waals surface area contributed by atoms with Gasteiger partial charge in [0, 0.05) is 12.7 Å². The molecule has 2 N–H and O–H groups in total. The van der Waals surface area contributed by atoms with Gasteiger partial charge in [-0.15, -0.1) is 0 Å². The molecule has 0 radical (unpaired) electrons. The Kier molecular flexibility index (Phi) is 4.14. The average molecular weight is 265 g/mol. The summed E-state index contributed by atoms with van der Waals surface area (Å²) in [6.07, 6.45) is 3.00. The second kappa shape index (κ2) is 5.63. The van der Waals surface area contributed by atoms with E-state index in [4.69, 9.17) is 22.7 Å². The van der Waals surface area contributed by atoms with E-state index in [1.807, 2.05) is 12.1 Å². The Morgan fingerprint density at radius 2 is 2.44 bits per heavy atom. The number of nitrogens with two attached hydrogens (primary N) is 1. The molecule has 2 rings (SSSR count). The highest BCUT2D eigenvalue weighted by Gasteiger charge is 2.28. The lowest BCUT2D eigenvalue weighted by Gasteiger charge is -2.39. The molecule has 0 saturated carbocycles. The first kappa shape index (κ1) is 13.2. The van der Waals surface area contributed by atoms with Crippen molar-refractivity contribution < 1.29 is 4.74 Å². The second-order valence-electron chi connectivity index (χ2n) is 4.60. The molecule has 0 aliphatic carbocycles. The first-order valence-electron chi connectivity index (χ1n) is 6.26. The van der Waals surface area contributed by atoms with E-state index >= 15 is 0 Å². The van der Waals surface area contributed by atoms with E-state index in [2.05, 4.69) is 23.7 Å². The molecule has 0 aromatic carbocycles. The number of ether oxygens (including phenoxy) is 1. The summed E-state index contributed by atoms with van der Waals surface area (Å²) in [4.78, 5) is 7.12. The number of morpholine rings is 1. The molecule has 4 nitrogen and oxygen atoms in total. The number of rotatable bonds is 3. The molecule has 1 saturated heterocycles. The molecular formula is C13H19N3OS. The van der Waals surface area contributed by atoms with Crippen molar-refractivity contribution in [1.29, 1.82) is 0 Å². The quantitative estimate of drug-likeness (QED) is 0.843. The third-order valence-electron chi connectivity index (χ3n) is 3.26. The Hall–Kier alpha value is -1.20. The van der Waals surface area contributed by atoms with Crippen molar-refractivity contribution in [2.45, 2.75) is 32.4 Å². The van der Waals surface area contributed by atoms with Gasteiger partial charge in [0.05, 0.1) is 24.3 Å². The van der Waals surface area contributed by atoms with Gasteiger partial charge in [0.2, 0.25) is 0 Å². The summed E-state index contributed by atoms with van der Waals surface area (Å²) in [5, 5.41) is 0. The topological polar surface area (TPSA) is 51.4 Å². The molecule has 2 atom stereocenters. The third-order valence-corrected chi connectivity index (χ3v) is 3.48. The van der Waals surface area contributed by atoms with Gasteiger partial charge in [-0.1, -0.05) is 19.1 Å². The lowest BCUT2D eigenvalue weighted by atomic mass is 10.1. The van der Waals surface area contributed by atoms with Crippen LogP contribution >= 0.6 is 12.2 Å². The maximum Gasteiger partial charge on any atom is 0.139 e. The normalized spacial score (nSPS) is 24.0. The summed E-state index contributed by atoms with van der Waals surface area (Å²) < 4.78 is 5.70. The largest absolute Gasteiger partial charge is 0.389 e. The number of thiocarbonyl (C=S) groups is 1. The van der Waals surface area contributed by atoms with E-state index < -0.39 is 0 Å². The summed E-state index contributed by atoms with van der Waals surface area (Å²) in [6, 6.07) is 4.13. The van der Waals surface area contributed by atoms with Crippen molar-refractivity contribution in [1.82, 2.24) is 4.98 Å². The SMILES string of the molecule is CCC1COC(C)CN1c1ncccc1C(N)=S. The number of hydrogen-bond donors (Lipinski definition) is 1. The van der Waals surface area contributed by atoms with Crippen molar-refractivity contribution in [3.05, 3.63) is 23.9 Å².